The van der Waals surface area contributed by atoms with E-state index in [0.717, 1.165) is 5.56 Å². The summed E-state index contributed by atoms with van der Waals surface area (Å²) in [5.74, 6) is 0.516. The van der Waals surface area contributed by atoms with Crippen molar-refractivity contribution in [1.29, 1.82) is 0 Å². The van der Waals surface area contributed by atoms with Crippen LogP contribution < -0.4 is 11.1 Å². The number of aromatic nitrogens is 3. The average Bonchev–Trinajstić information content (AvgIpc) is 2.93. The summed E-state index contributed by atoms with van der Waals surface area (Å²) in [6.45, 7) is 1.84. The van der Waals surface area contributed by atoms with E-state index >= 15 is 0 Å². The number of benzene rings is 1. The van der Waals surface area contributed by atoms with E-state index in [-0.39, 0.29) is 24.4 Å². The third-order valence-corrected chi connectivity index (χ3v) is 2.85. The van der Waals surface area contributed by atoms with Gasteiger partial charge in [0.05, 0.1) is 6.04 Å². The zero-order valence-electron chi connectivity index (χ0n) is 10.7. The van der Waals surface area contributed by atoms with Crippen LogP contribution in [-0.2, 0) is 4.79 Å². The molecule has 0 saturated heterocycles. The van der Waals surface area contributed by atoms with Crippen LogP contribution in [0, 0.1) is 0 Å². The number of hydrogen-bond acceptors (Lipinski definition) is 4. The molecule has 0 aliphatic heterocycles. The Balaban J connectivity index is 1.88. The van der Waals surface area contributed by atoms with E-state index in [1.54, 1.807) is 0 Å². The molecule has 1 amide bonds. The van der Waals surface area contributed by atoms with Crippen LogP contribution in [-0.4, -0.2) is 21.1 Å². The number of nitrogens with one attached hydrogen (secondary N) is 2. The molecular weight excluding hydrogens is 242 g/mol. The second-order valence-corrected chi connectivity index (χ2v) is 4.38. The Hall–Kier alpha value is -2.21. The number of aromatic amines is 1. The second kappa shape index (κ2) is 6.10. The monoisotopic (exact) mass is 259 g/mol. The first-order valence-electron chi connectivity index (χ1n) is 6.12. The fraction of sp³-hybridized carbons (Fsp3) is 0.308. The van der Waals surface area contributed by atoms with Crippen molar-refractivity contribution in [2.75, 3.05) is 0 Å². The lowest BCUT2D eigenvalue weighted by atomic mass is 10.0. The molecule has 0 fully saturated rings. The normalized spacial score (nSPS) is 13.8. The highest BCUT2D eigenvalue weighted by molar-refractivity contribution is 5.77. The number of H-pyrrole nitrogens is 1. The molecule has 6 nitrogen and oxygen atoms in total. The van der Waals surface area contributed by atoms with Gasteiger partial charge in [-0.1, -0.05) is 30.3 Å². The number of hydrogen-bond donors (Lipinski definition) is 3. The Kier molecular flexibility index (Phi) is 4.25. The average molecular weight is 259 g/mol. The van der Waals surface area contributed by atoms with E-state index in [9.17, 15) is 4.79 Å². The van der Waals surface area contributed by atoms with Crippen LogP contribution in [0.4, 0.5) is 0 Å². The standard InChI is InChI=1S/C13H17N5O/c1-9(13-15-8-16-18-13)17-12(19)7-11(14)10-5-3-2-4-6-10/h2-6,8-9,11H,7,14H2,1H3,(H,17,19)(H,15,16,18). The van der Waals surface area contributed by atoms with Crippen molar-refractivity contribution >= 4 is 5.91 Å². The Labute approximate surface area is 111 Å². The molecule has 1 aromatic carbocycles. The van der Waals surface area contributed by atoms with E-state index in [4.69, 9.17) is 5.73 Å². The molecule has 0 saturated carbocycles. The molecule has 0 aliphatic carbocycles. The highest BCUT2D eigenvalue weighted by atomic mass is 16.1. The maximum absolute atomic E-state index is 11.9. The van der Waals surface area contributed by atoms with E-state index in [1.807, 2.05) is 37.3 Å². The number of nitrogens with zero attached hydrogens (tertiary/aromatic N) is 2. The first-order chi connectivity index (χ1) is 9.16. The third kappa shape index (κ3) is 3.62. The molecule has 0 aliphatic rings. The number of carbonyl (C=O) groups excluding carboxylic acids is 1. The van der Waals surface area contributed by atoms with Gasteiger partial charge in [-0.3, -0.25) is 9.89 Å². The molecule has 2 atom stereocenters. The molecule has 2 unspecified atom stereocenters. The smallest absolute Gasteiger partial charge is 0.222 e. The van der Waals surface area contributed by atoms with E-state index < -0.39 is 0 Å². The topological polar surface area (TPSA) is 96.7 Å². The molecule has 1 aromatic heterocycles. The van der Waals surface area contributed by atoms with Crippen LogP contribution in [0.3, 0.4) is 0 Å². The number of amides is 1. The van der Waals surface area contributed by atoms with Crippen molar-refractivity contribution in [3.63, 3.8) is 0 Å². The lowest BCUT2D eigenvalue weighted by Crippen LogP contribution is -2.30. The van der Waals surface area contributed by atoms with Gasteiger partial charge in [0.15, 0.2) is 0 Å². The maximum Gasteiger partial charge on any atom is 0.222 e. The highest BCUT2D eigenvalue weighted by Crippen LogP contribution is 2.14. The predicted molar refractivity (Wildman–Crippen MR) is 70.9 cm³/mol. The van der Waals surface area contributed by atoms with Crippen LogP contribution in [0.5, 0.6) is 0 Å². The van der Waals surface area contributed by atoms with E-state index in [0.29, 0.717) is 5.82 Å². The van der Waals surface area contributed by atoms with Crippen LogP contribution in [0.2, 0.25) is 0 Å². The quantitative estimate of drug-likeness (QED) is 0.748. The first-order valence-corrected chi connectivity index (χ1v) is 6.12. The number of nitrogens with two attached hydrogens (primary N) is 1. The molecule has 0 radical (unpaired) electrons. The van der Waals surface area contributed by atoms with Crippen molar-refractivity contribution < 1.29 is 4.79 Å². The minimum absolute atomic E-state index is 0.111. The Morgan fingerprint density at radius 2 is 2.16 bits per heavy atom. The second-order valence-electron chi connectivity index (χ2n) is 4.38. The van der Waals surface area contributed by atoms with Gasteiger partial charge in [-0.25, -0.2) is 4.98 Å². The SMILES string of the molecule is CC(NC(=O)CC(N)c1ccccc1)c1ncn[nH]1. The van der Waals surface area contributed by atoms with Gasteiger partial charge in [0, 0.05) is 12.5 Å². The molecule has 0 spiro atoms. The zero-order valence-corrected chi connectivity index (χ0v) is 10.7. The lowest BCUT2D eigenvalue weighted by molar-refractivity contribution is -0.122. The van der Waals surface area contributed by atoms with E-state index in [2.05, 4.69) is 20.5 Å². The van der Waals surface area contributed by atoms with Gasteiger partial charge >= 0.3 is 0 Å². The van der Waals surface area contributed by atoms with Crippen LogP contribution in [0.1, 0.15) is 36.8 Å². The van der Waals surface area contributed by atoms with Gasteiger partial charge in [-0.05, 0) is 12.5 Å². The summed E-state index contributed by atoms with van der Waals surface area (Å²) in [7, 11) is 0. The molecule has 4 N–H and O–H groups in total. The summed E-state index contributed by atoms with van der Waals surface area (Å²) in [4.78, 5) is 15.9. The van der Waals surface area contributed by atoms with Crippen molar-refractivity contribution in [1.82, 2.24) is 20.5 Å². The Morgan fingerprint density at radius 1 is 1.42 bits per heavy atom. The maximum atomic E-state index is 11.9. The summed E-state index contributed by atoms with van der Waals surface area (Å²) in [6, 6.07) is 9.05. The minimum Gasteiger partial charge on any atom is -0.346 e. The molecule has 0 bridgehead atoms. The fourth-order valence-electron chi connectivity index (χ4n) is 1.81. The minimum atomic E-state index is -0.303. The van der Waals surface area contributed by atoms with Crippen molar-refractivity contribution in [3.8, 4) is 0 Å². The number of rotatable bonds is 5. The molecule has 100 valence electrons. The summed E-state index contributed by atoms with van der Waals surface area (Å²) < 4.78 is 0. The predicted octanol–water partition coefficient (Wildman–Crippen LogP) is 1.07. The van der Waals surface area contributed by atoms with Crippen molar-refractivity contribution in [3.05, 3.63) is 48.0 Å². The third-order valence-electron chi connectivity index (χ3n) is 2.85. The largest absolute Gasteiger partial charge is 0.346 e. The van der Waals surface area contributed by atoms with Crippen molar-refractivity contribution in [2.45, 2.75) is 25.4 Å². The highest BCUT2D eigenvalue weighted by Gasteiger charge is 2.15. The molecule has 1 heterocycles. The van der Waals surface area contributed by atoms with Crippen LogP contribution in [0.25, 0.3) is 0 Å². The zero-order chi connectivity index (χ0) is 13.7. The summed E-state index contributed by atoms with van der Waals surface area (Å²) in [6.07, 6.45) is 1.65. The molecule has 19 heavy (non-hydrogen) atoms. The molecule has 2 aromatic rings. The molecular formula is C13H17N5O. The molecule has 6 heteroatoms. The Morgan fingerprint density at radius 3 is 2.79 bits per heavy atom. The first kappa shape index (κ1) is 13.2. The van der Waals surface area contributed by atoms with Gasteiger partial charge in [-0.15, -0.1) is 0 Å². The fourth-order valence-corrected chi connectivity index (χ4v) is 1.81. The van der Waals surface area contributed by atoms with Crippen LogP contribution >= 0.6 is 0 Å². The summed E-state index contributed by atoms with van der Waals surface area (Å²) in [5, 5.41) is 9.30. The van der Waals surface area contributed by atoms with E-state index in [1.165, 1.54) is 6.33 Å². The summed E-state index contributed by atoms with van der Waals surface area (Å²) in [5.41, 5.74) is 6.94. The van der Waals surface area contributed by atoms with Gasteiger partial charge in [-0.2, -0.15) is 5.10 Å². The van der Waals surface area contributed by atoms with Crippen LogP contribution in [0.15, 0.2) is 36.7 Å². The van der Waals surface area contributed by atoms with Gasteiger partial charge in [0.25, 0.3) is 0 Å². The lowest BCUT2D eigenvalue weighted by Gasteiger charge is -2.14. The van der Waals surface area contributed by atoms with Gasteiger partial charge < -0.3 is 11.1 Å². The van der Waals surface area contributed by atoms with Crippen molar-refractivity contribution in [2.24, 2.45) is 5.73 Å². The van der Waals surface area contributed by atoms with Gasteiger partial charge in [0.1, 0.15) is 12.2 Å². The summed E-state index contributed by atoms with van der Waals surface area (Å²) >= 11 is 0. The Bertz CT molecular complexity index is 511. The number of carbonyl (C=O) groups is 1. The molecule has 2 rings (SSSR count). The van der Waals surface area contributed by atoms with Gasteiger partial charge in [0.2, 0.25) is 5.91 Å².